The topological polar surface area (TPSA) is 84.4 Å². The van der Waals surface area contributed by atoms with E-state index < -0.39 is 0 Å². The van der Waals surface area contributed by atoms with E-state index in [-0.39, 0.29) is 0 Å². The number of fused-ring (bicyclic) bond motifs is 2. The zero-order valence-electron chi connectivity index (χ0n) is 14.8. The van der Waals surface area contributed by atoms with Crippen molar-refractivity contribution < 1.29 is 4.74 Å². The van der Waals surface area contributed by atoms with Crippen molar-refractivity contribution in [2.75, 3.05) is 6.61 Å². The predicted molar refractivity (Wildman–Crippen MR) is 103 cm³/mol. The Morgan fingerprint density at radius 3 is 2.70 bits per heavy atom. The van der Waals surface area contributed by atoms with Gasteiger partial charge in [-0.25, -0.2) is 15.0 Å². The van der Waals surface area contributed by atoms with Crippen molar-refractivity contribution in [3.8, 4) is 11.4 Å². The first-order valence-electron chi connectivity index (χ1n) is 8.87. The van der Waals surface area contributed by atoms with E-state index in [0.717, 1.165) is 45.2 Å². The first kappa shape index (κ1) is 15.6. The summed E-state index contributed by atoms with van der Waals surface area (Å²) in [5.41, 5.74) is 4.72. The summed E-state index contributed by atoms with van der Waals surface area (Å²) in [6.07, 6.45) is 6.01. The molecule has 0 aliphatic heterocycles. The van der Waals surface area contributed by atoms with E-state index in [1.54, 1.807) is 12.5 Å². The summed E-state index contributed by atoms with van der Waals surface area (Å²) in [5.74, 6) is 2.52. The van der Waals surface area contributed by atoms with E-state index in [9.17, 15) is 0 Å². The molecule has 2 aromatic carbocycles. The molecule has 0 unspecified atom stereocenters. The minimum absolute atomic E-state index is 0.594. The molecule has 2 N–H and O–H groups in total. The van der Waals surface area contributed by atoms with Crippen molar-refractivity contribution in [1.82, 2.24) is 29.5 Å². The third kappa shape index (κ3) is 2.83. The molecule has 134 valence electrons. The molecule has 0 saturated carbocycles. The zero-order chi connectivity index (χ0) is 18.2. The fourth-order valence-corrected chi connectivity index (χ4v) is 3.30. The lowest BCUT2D eigenvalue weighted by Crippen LogP contribution is -1.96. The molecule has 0 fully saturated rings. The molecule has 27 heavy (non-hydrogen) atoms. The molecule has 0 aliphatic carbocycles. The van der Waals surface area contributed by atoms with Crippen LogP contribution in [-0.2, 0) is 6.42 Å². The second-order valence-electron chi connectivity index (χ2n) is 6.30. The number of nitrogens with zero attached hydrogens (tertiary/aromatic N) is 4. The van der Waals surface area contributed by atoms with Crippen LogP contribution in [0.3, 0.4) is 0 Å². The van der Waals surface area contributed by atoms with Gasteiger partial charge in [-0.2, -0.15) is 0 Å². The molecule has 5 aromatic rings. The van der Waals surface area contributed by atoms with E-state index in [2.05, 4.69) is 19.9 Å². The Bertz CT molecular complexity index is 1190. The van der Waals surface area contributed by atoms with Gasteiger partial charge in [-0.3, -0.25) is 0 Å². The SMILES string of the molecule is CCOc1cc(-n2ccnc2)c2nc(Cc3nc4ccccc4[nH]3)[nH]c2c1. The third-order valence-electron chi connectivity index (χ3n) is 4.46. The second-order valence-corrected chi connectivity index (χ2v) is 6.30. The molecule has 0 spiro atoms. The maximum absolute atomic E-state index is 5.72. The molecular formula is C20H18N6O. The van der Waals surface area contributed by atoms with Crippen LogP contribution in [0.4, 0.5) is 0 Å². The highest BCUT2D eigenvalue weighted by Gasteiger charge is 2.13. The maximum Gasteiger partial charge on any atom is 0.123 e. The average Bonchev–Trinajstić information content (AvgIpc) is 3.40. The minimum atomic E-state index is 0.594. The Kier molecular flexibility index (Phi) is 3.64. The van der Waals surface area contributed by atoms with Crippen LogP contribution >= 0.6 is 0 Å². The quantitative estimate of drug-likeness (QED) is 0.503. The molecule has 3 heterocycles. The van der Waals surface area contributed by atoms with Gasteiger partial charge in [0.25, 0.3) is 0 Å². The van der Waals surface area contributed by atoms with E-state index in [4.69, 9.17) is 9.72 Å². The Morgan fingerprint density at radius 1 is 1.04 bits per heavy atom. The van der Waals surface area contributed by atoms with Crippen molar-refractivity contribution in [1.29, 1.82) is 0 Å². The molecule has 0 saturated heterocycles. The van der Waals surface area contributed by atoms with Gasteiger partial charge in [0, 0.05) is 24.5 Å². The maximum atomic E-state index is 5.72. The molecule has 7 heteroatoms. The van der Waals surface area contributed by atoms with Gasteiger partial charge in [0.15, 0.2) is 0 Å². The van der Waals surface area contributed by atoms with Crippen molar-refractivity contribution in [3.05, 3.63) is 66.8 Å². The number of hydrogen-bond donors (Lipinski definition) is 2. The fourth-order valence-electron chi connectivity index (χ4n) is 3.30. The van der Waals surface area contributed by atoms with Gasteiger partial charge in [0.1, 0.15) is 22.9 Å². The number of para-hydroxylation sites is 2. The van der Waals surface area contributed by atoms with Gasteiger partial charge in [0.2, 0.25) is 0 Å². The van der Waals surface area contributed by atoms with Crippen LogP contribution in [-0.4, -0.2) is 36.1 Å². The molecular weight excluding hydrogens is 340 g/mol. The van der Waals surface area contributed by atoms with Gasteiger partial charge in [-0.1, -0.05) is 12.1 Å². The van der Waals surface area contributed by atoms with Crippen LogP contribution in [0.25, 0.3) is 27.8 Å². The van der Waals surface area contributed by atoms with E-state index >= 15 is 0 Å². The molecule has 0 aliphatic rings. The molecule has 0 bridgehead atoms. The van der Waals surface area contributed by atoms with Gasteiger partial charge in [-0.15, -0.1) is 0 Å². The summed E-state index contributed by atoms with van der Waals surface area (Å²) < 4.78 is 7.66. The summed E-state index contributed by atoms with van der Waals surface area (Å²) in [6, 6.07) is 12.0. The van der Waals surface area contributed by atoms with Crippen LogP contribution in [0.2, 0.25) is 0 Å². The number of nitrogens with one attached hydrogen (secondary N) is 2. The summed E-state index contributed by atoms with van der Waals surface area (Å²) in [4.78, 5) is 20.4. The Labute approximate surface area is 155 Å². The normalized spacial score (nSPS) is 11.4. The highest BCUT2D eigenvalue weighted by atomic mass is 16.5. The number of imidazole rings is 3. The summed E-state index contributed by atoms with van der Waals surface area (Å²) in [5, 5.41) is 0. The van der Waals surface area contributed by atoms with Crippen molar-refractivity contribution in [3.63, 3.8) is 0 Å². The third-order valence-corrected chi connectivity index (χ3v) is 4.46. The van der Waals surface area contributed by atoms with Crippen molar-refractivity contribution in [2.45, 2.75) is 13.3 Å². The average molecular weight is 358 g/mol. The molecule has 0 atom stereocenters. The molecule has 5 rings (SSSR count). The Hall–Kier alpha value is -3.61. The van der Waals surface area contributed by atoms with Gasteiger partial charge < -0.3 is 19.3 Å². The smallest absolute Gasteiger partial charge is 0.123 e. The Morgan fingerprint density at radius 2 is 1.89 bits per heavy atom. The monoisotopic (exact) mass is 358 g/mol. The number of benzene rings is 2. The van der Waals surface area contributed by atoms with Gasteiger partial charge in [0.05, 0.1) is 41.6 Å². The van der Waals surface area contributed by atoms with Crippen LogP contribution in [0, 0.1) is 0 Å². The van der Waals surface area contributed by atoms with Crippen molar-refractivity contribution in [2.24, 2.45) is 0 Å². The molecule has 0 radical (unpaired) electrons. The molecule has 3 aromatic heterocycles. The van der Waals surface area contributed by atoms with E-state index in [1.165, 1.54) is 0 Å². The van der Waals surface area contributed by atoms with Crippen LogP contribution in [0.15, 0.2) is 55.1 Å². The standard InChI is InChI=1S/C20H18N6O/c1-2-27-13-9-16-20(17(10-13)26-8-7-21-12-26)25-19(24-16)11-18-22-14-5-3-4-6-15(14)23-18/h3-10,12H,2,11H2,1H3,(H,22,23)(H,24,25). The van der Waals surface area contributed by atoms with Crippen molar-refractivity contribution >= 4 is 22.1 Å². The molecule has 0 amide bonds. The summed E-state index contributed by atoms with van der Waals surface area (Å²) in [7, 11) is 0. The first-order valence-corrected chi connectivity index (χ1v) is 8.87. The van der Waals surface area contributed by atoms with Crippen LogP contribution < -0.4 is 4.74 Å². The lowest BCUT2D eigenvalue weighted by atomic mass is 10.2. The number of rotatable bonds is 5. The van der Waals surface area contributed by atoms with Crippen LogP contribution in [0.1, 0.15) is 18.6 Å². The van der Waals surface area contributed by atoms with E-state index in [0.29, 0.717) is 13.0 Å². The molecule has 7 nitrogen and oxygen atoms in total. The lowest BCUT2D eigenvalue weighted by molar-refractivity contribution is 0.340. The number of H-pyrrole nitrogens is 2. The lowest BCUT2D eigenvalue weighted by Gasteiger charge is -2.07. The van der Waals surface area contributed by atoms with Gasteiger partial charge in [-0.05, 0) is 19.1 Å². The summed E-state index contributed by atoms with van der Waals surface area (Å²) >= 11 is 0. The number of hydrogen-bond acceptors (Lipinski definition) is 4. The first-order chi connectivity index (χ1) is 13.3. The fraction of sp³-hybridized carbons (Fsp3) is 0.150. The zero-order valence-corrected chi connectivity index (χ0v) is 14.8. The summed E-state index contributed by atoms with van der Waals surface area (Å²) in [6.45, 7) is 2.58. The van der Waals surface area contributed by atoms with Crippen LogP contribution in [0.5, 0.6) is 5.75 Å². The van der Waals surface area contributed by atoms with E-state index in [1.807, 2.05) is 54.1 Å². The number of aromatic nitrogens is 6. The number of aromatic amines is 2. The van der Waals surface area contributed by atoms with Gasteiger partial charge >= 0.3 is 0 Å². The highest BCUT2D eigenvalue weighted by molar-refractivity contribution is 5.86. The second kappa shape index (κ2) is 6.28. The minimum Gasteiger partial charge on any atom is -0.494 e. The number of ether oxygens (including phenoxy) is 1. The largest absolute Gasteiger partial charge is 0.494 e. The highest BCUT2D eigenvalue weighted by Crippen LogP contribution is 2.27. The predicted octanol–water partition coefficient (Wildman–Crippen LogP) is 3.61. The Balaban J connectivity index is 1.58.